The van der Waals surface area contributed by atoms with Gasteiger partial charge < -0.3 is 5.21 Å². The first-order valence-corrected chi connectivity index (χ1v) is 3.76. The standard InChI is InChI=1S/C8H10N2O3/c1-6-2-3-8(10(12)13)4-7(6)5-9-11/h2-4,9,11H,5H2,1H3. The average Bonchev–Trinajstić information content (AvgIpc) is 2.08. The first kappa shape index (κ1) is 9.63. The van der Waals surface area contributed by atoms with Crippen LogP contribution in [0.1, 0.15) is 11.1 Å². The number of nitro benzene ring substituents is 1. The number of rotatable bonds is 3. The van der Waals surface area contributed by atoms with Gasteiger partial charge >= 0.3 is 0 Å². The summed E-state index contributed by atoms with van der Waals surface area (Å²) in [5, 5.41) is 18.8. The molecule has 0 fully saturated rings. The molecule has 0 radical (unpaired) electrons. The van der Waals surface area contributed by atoms with Crippen molar-refractivity contribution in [1.29, 1.82) is 0 Å². The molecule has 0 aromatic heterocycles. The largest absolute Gasteiger partial charge is 0.316 e. The quantitative estimate of drug-likeness (QED) is 0.547. The molecule has 1 aromatic rings. The van der Waals surface area contributed by atoms with Gasteiger partial charge in [0.05, 0.1) is 4.92 Å². The van der Waals surface area contributed by atoms with Gasteiger partial charge in [0.15, 0.2) is 0 Å². The van der Waals surface area contributed by atoms with Gasteiger partial charge in [0.2, 0.25) is 0 Å². The lowest BCUT2D eigenvalue weighted by Gasteiger charge is -2.03. The normalized spacial score (nSPS) is 10.0. The van der Waals surface area contributed by atoms with E-state index in [4.69, 9.17) is 5.21 Å². The number of hydrogen-bond acceptors (Lipinski definition) is 4. The molecule has 0 atom stereocenters. The highest BCUT2D eigenvalue weighted by Gasteiger charge is 2.07. The number of hydrogen-bond donors (Lipinski definition) is 2. The van der Waals surface area contributed by atoms with Crippen LogP contribution in [0.25, 0.3) is 0 Å². The van der Waals surface area contributed by atoms with Crippen LogP contribution < -0.4 is 5.48 Å². The first-order valence-electron chi connectivity index (χ1n) is 3.76. The van der Waals surface area contributed by atoms with E-state index < -0.39 is 4.92 Å². The summed E-state index contributed by atoms with van der Waals surface area (Å²) in [6.07, 6.45) is 0. The number of nitro groups is 1. The van der Waals surface area contributed by atoms with Crippen molar-refractivity contribution in [1.82, 2.24) is 5.48 Å². The topological polar surface area (TPSA) is 75.4 Å². The molecule has 0 bridgehead atoms. The first-order chi connectivity index (χ1) is 6.15. The maximum atomic E-state index is 10.4. The second-order valence-electron chi connectivity index (χ2n) is 2.70. The SMILES string of the molecule is Cc1ccc([N+](=O)[O-])cc1CNO. The lowest BCUT2D eigenvalue weighted by Crippen LogP contribution is -2.07. The third kappa shape index (κ3) is 2.24. The van der Waals surface area contributed by atoms with Crippen LogP contribution in [0.5, 0.6) is 0 Å². The van der Waals surface area contributed by atoms with Crippen molar-refractivity contribution in [2.45, 2.75) is 13.5 Å². The predicted molar refractivity (Wildman–Crippen MR) is 46.5 cm³/mol. The molecule has 0 aliphatic heterocycles. The molecule has 5 nitrogen and oxygen atoms in total. The molecule has 0 spiro atoms. The van der Waals surface area contributed by atoms with Gasteiger partial charge in [-0.25, -0.2) is 5.48 Å². The van der Waals surface area contributed by atoms with Crippen molar-refractivity contribution >= 4 is 5.69 Å². The van der Waals surface area contributed by atoms with Crippen LogP contribution >= 0.6 is 0 Å². The Bertz CT molecular complexity index is 325. The lowest BCUT2D eigenvalue weighted by atomic mass is 10.1. The highest BCUT2D eigenvalue weighted by Crippen LogP contribution is 2.16. The summed E-state index contributed by atoms with van der Waals surface area (Å²) in [5.41, 5.74) is 3.63. The van der Waals surface area contributed by atoms with E-state index in [1.807, 2.05) is 12.4 Å². The molecule has 0 saturated heterocycles. The van der Waals surface area contributed by atoms with E-state index in [-0.39, 0.29) is 12.2 Å². The lowest BCUT2D eigenvalue weighted by molar-refractivity contribution is -0.384. The highest BCUT2D eigenvalue weighted by molar-refractivity contribution is 5.39. The van der Waals surface area contributed by atoms with Crippen LogP contribution in [0, 0.1) is 17.0 Å². The van der Waals surface area contributed by atoms with E-state index in [9.17, 15) is 10.1 Å². The molecular weight excluding hydrogens is 172 g/mol. The minimum atomic E-state index is -0.458. The monoisotopic (exact) mass is 182 g/mol. The molecule has 70 valence electrons. The molecule has 0 amide bonds. The predicted octanol–water partition coefficient (Wildman–Crippen LogP) is 1.38. The number of nitrogens with one attached hydrogen (secondary N) is 1. The summed E-state index contributed by atoms with van der Waals surface area (Å²) in [4.78, 5) is 9.93. The van der Waals surface area contributed by atoms with Gasteiger partial charge in [-0.2, -0.15) is 0 Å². The van der Waals surface area contributed by atoms with Gasteiger partial charge in [0.1, 0.15) is 0 Å². The van der Waals surface area contributed by atoms with Gasteiger partial charge in [-0.05, 0) is 18.1 Å². The minimum absolute atomic E-state index is 0.0378. The second kappa shape index (κ2) is 3.97. The summed E-state index contributed by atoms with van der Waals surface area (Å²) < 4.78 is 0. The molecule has 5 heteroatoms. The molecule has 0 saturated carbocycles. The Hall–Kier alpha value is -1.46. The van der Waals surface area contributed by atoms with Crippen molar-refractivity contribution in [3.05, 3.63) is 39.4 Å². The Labute approximate surface area is 75.1 Å². The number of aryl methyl sites for hydroxylation is 1. The molecule has 0 unspecified atom stereocenters. The average molecular weight is 182 g/mol. The molecular formula is C8H10N2O3. The van der Waals surface area contributed by atoms with Crippen molar-refractivity contribution in [3.63, 3.8) is 0 Å². The third-order valence-electron chi connectivity index (χ3n) is 1.81. The Kier molecular flexibility index (Phi) is 2.94. The van der Waals surface area contributed by atoms with E-state index in [0.29, 0.717) is 0 Å². The number of hydroxylamine groups is 1. The minimum Gasteiger partial charge on any atom is -0.316 e. The fraction of sp³-hybridized carbons (Fsp3) is 0.250. The van der Waals surface area contributed by atoms with E-state index in [1.165, 1.54) is 12.1 Å². The maximum absolute atomic E-state index is 10.4. The smallest absolute Gasteiger partial charge is 0.269 e. The molecule has 2 N–H and O–H groups in total. The van der Waals surface area contributed by atoms with E-state index in [2.05, 4.69) is 0 Å². The van der Waals surface area contributed by atoms with Crippen molar-refractivity contribution in [2.75, 3.05) is 0 Å². The van der Waals surface area contributed by atoms with Crippen LogP contribution in [0.2, 0.25) is 0 Å². The van der Waals surface area contributed by atoms with Crippen LogP contribution in [-0.4, -0.2) is 10.1 Å². The molecule has 13 heavy (non-hydrogen) atoms. The fourth-order valence-electron chi connectivity index (χ4n) is 1.05. The summed E-state index contributed by atoms with van der Waals surface area (Å²) in [6.45, 7) is 2.05. The van der Waals surface area contributed by atoms with Crippen molar-refractivity contribution in [2.24, 2.45) is 0 Å². The van der Waals surface area contributed by atoms with Gasteiger partial charge in [-0.15, -0.1) is 0 Å². The Morgan fingerprint density at radius 3 is 2.85 bits per heavy atom. The maximum Gasteiger partial charge on any atom is 0.269 e. The van der Waals surface area contributed by atoms with Gasteiger partial charge in [0, 0.05) is 18.7 Å². The third-order valence-corrected chi connectivity index (χ3v) is 1.81. The van der Waals surface area contributed by atoms with Crippen molar-refractivity contribution < 1.29 is 10.1 Å². The van der Waals surface area contributed by atoms with E-state index in [1.54, 1.807) is 6.07 Å². The zero-order valence-electron chi connectivity index (χ0n) is 7.15. The molecule has 0 heterocycles. The van der Waals surface area contributed by atoms with Crippen LogP contribution in [0.3, 0.4) is 0 Å². The Morgan fingerprint density at radius 1 is 1.62 bits per heavy atom. The summed E-state index contributed by atoms with van der Waals surface area (Å²) in [7, 11) is 0. The van der Waals surface area contributed by atoms with Gasteiger partial charge in [-0.3, -0.25) is 10.1 Å². The number of nitrogens with zero attached hydrogens (tertiary/aromatic N) is 1. The van der Waals surface area contributed by atoms with Gasteiger partial charge in [-0.1, -0.05) is 6.07 Å². The fourth-order valence-corrected chi connectivity index (χ4v) is 1.05. The molecule has 0 aliphatic carbocycles. The van der Waals surface area contributed by atoms with Crippen LogP contribution in [-0.2, 0) is 6.54 Å². The molecule has 1 rings (SSSR count). The Balaban J connectivity index is 3.03. The summed E-state index contributed by atoms with van der Waals surface area (Å²) in [6, 6.07) is 4.54. The van der Waals surface area contributed by atoms with E-state index in [0.717, 1.165) is 11.1 Å². The number of benzene rings is 1. The molecule has 0 aliphatic rings. The van der Waals surface area contributed by atoms with Crippen LogP contribution in [0.4, 0.5) is 5.69 Å². The number of non-ortho nitro benzene ring substituents is 1. The highest BCUT2D eigenvalue weighted by atomic mass is 16.6. The molecule has 1 aromatic carbocycles. The second-order valence-corrected chi connectivity index (χ2v) is 2.70. The van der Waals surface area contributed by atoms with Crippen LogP contribution in [0.15, 0.2) is 18.2 Å². The summed E-state index contributed by atoms with van der Waals surface area (Å²) in [5.74, 6) is 0. The van der Waals surface area contributed by atoms with Crippen molar-refractivity contribution in [3.8, 4) is 0 Å². The van der Waals surface area contributed by atoms with E-state index >= 15 is 0 Å². The Morgan fingerprint density at radius 2 is 2.31 bits per heavy atom. The zero-order valence-corrected chi connectivity index (χ0v) is 7.15. The summed E-state index contributed by atoms with van der Waals surface area (Å²) >= 11 is 0. The zero-order chi connectivity index (χ0) is 9.84. The van der Waals surface area contributed by atoms with Gasteiger partial charge in [0.25, 0.3) is 5.69 Å².